The second-order valence-electron chi connectivity index (χ2n) is 9.98. The molecule has 1 N–H and O–H groups in total. The van der Waals surface area contributed by atoms with Gasteiger partial charge in [-0.2, -0.15) is 0 Å². The number of esters is 1. The highest BCUT2D eigenvalue weighted by atomic mass is 32.1. The van der Waals surface area contributed by atoms with Crippen LogP contribution in [0.1, 0.15) is 78.7 Å². The van der Waals surface area contributed by atoms with E-state index >= 15 is 0 Å². The zero-order valence-corrected chi connectivity index (χ0v) is 23.0. The van der Waals surface area contributed by atoms with Crippen molar-refractivity contribution in [2.75, 3.05) is 13.7 Å². The Morgan fingerprint density at radius 2 is 1.75 bits per heavy atom. The summed E-state index contributed by atoms with van der Waals surface area (Å²) in [5.74, 6) is 0.281. The lowest BCUT2D eigenvalue weighted by molar-refractivity contribution is -0.140. The maximum Gasteiger partial charge on any atom is 0.307 e. The van der Waals surface area contributed by atoms with E-state index in [0.717, 1.165) is 29.0 Å². The van der Waals surface area contributed by atoms with E-state index in [9.17, 15) is 9.59 Å². The van der Waals surface area contributed by atoms with E-state index in [-0.39, 0.29) is 36.4 Å². The summed E-state index contributed by atoms with van der Waals surface area (Å²) in [7, 11) is 1.34. The molecule has 3 rings (SSSR count). The van der Waals surface area contributed by atoms with E-state index in [1.54, 1.807) is 0 Å². The standard InChI is InChI=1S/C30H37NO4S/c1-7-8-25(26-15-16-27(36-26)29(33)31-18-17-28(32)34-6)35-23-13-14-24(20(2)19-23)21-9-11-22(12-10-21)30(3,4)5/h9-16,19,25H,7-8,17-18H2,1-6H3,(H,31,33)/t25-/m1/s1. The highest BCUT2D eigenvalue weighted by Crippen LogP contribution is 2.34. The van der Waals surface area contributed by atoms with Crippen molar-refractivity contribution in [2.45, 2.75) is 65.4 Å². The Morgan fingerprint density at radius 1 is 1.03 bits per heavy atom. The number of methoxy groups -OCH3 is 1. The number of nitrogens with one attached hydrogen (secondary N) is 1. The maximum absolute atomic E-state index is 12.5. The largest absolute Gasteiger partial charge is 0.485 e. The van der Waals surface area contributed by atoms with Crippen molar-refractivity contribution in [3.05, 3.63) is 75.5 Å². The van der Waals surface area contributed by atoms with Crippen LogP contribution in [0, 0.1) is 6.92 Å². The fourth-order valence-corrected chi connectivity index (χ4v) is 4.97. The Hall–Kier alpha value is -3.12. The van der Waals surface area contributed by atoms with Gasteiger partial charge in [-0.05, 0) is 65.3 Å². The summed E-state index contributed by atoms with van der Waals surface area (Å²) < 4.78 is 11.0. The lowest BCUT2D eigenvalue weighted by Crippen LogP contribution is -2.25. The van der Waals surface area contributed by atoms with Crippen LogP contribution in [-0.4, -0.2) is 25.5 Å². The Kier molecular flexibility index (Phi) is 9.32. The number of benzene rings is 2. The number of hydrogen-bond donors (Lipinski definition) is 1. The molecular formula is C30H37NO4S. The second-order valence-corrected chi connectivity index (χ2v) is 11.1. The van der Waals surface area contributed by atoms with Gasteiger partial charge in [0.05, 0.1) is 18.4 Å². The Balaban J connectivity index is 1.71. The Labute approximate surface area is 218 Å². The first kappa shape index (κ1) is 27.5. The molecule has 0 bridgehead atoms. The van der Waals surface area contributed by atoms with Gasteiger partial charge in [0.2, 0.25) is 0 Å². The molecule has 0 fully saturated rings. The number of ether oxygens (including phenoxy) is 2. The monoisotopic (exact) mass is 507 g/mol. The molecule has 192 valence electrons. The number of aryl methyl sites for hydroxylation is 1. The van der Waals surface area contributed by atoms with Crippen LogP contribution in [0.2, 0.25) is 0 Å². The van der Waals surface area contributed by atoms with E-state index in [2.05, 4.69) is 81.1 Å². The lowest BCUT2D eigenvalue weighted by atomic mass is 9.86. The zero-order chi connectivity index (χ0) is 26.3. The minimum absolute atomic E-state index is 0.130. The lowest BCUT2D eigenvalue weighted by Gasteiger charge is -2.20. The topological polar surface area (TPSA) is 64.6 Å². The minimum Gasteiger partial charge on any atom is -0.485 e. The fraction of sp³-hybridized carbons (Fsp3) is 0.400. The van der Waals surface area contributed by atoms with Crippen molar-refractivity contribution in [3.63, 3.8) is 0 Å². The molecule has 0 unspecified atom stereocenters. The van der Waals surface area contributed by atoms with Gasteiger partial charge in [0.1, 0.15) is 11.9 Å². The van der Waals surface area contributed by atoms with Crippen LogP contribution in [0.5, 0.6) is 5.75 Å². The summed E-state index contributed by atoms with van der Waals surface area (Å²) in [5, 5.41) is 2.77. The van der Waals surface area contributed by atoms with Crippen LogP contribution in [0.4, 0.5) is 0 Å². The number of thiophene rings is 1. The number of rotatable bonds is 10. The molecular weight excluding hydrogens is 470 g/mol. The van der Waals surface area contributed by atoms with Gasteiger partial charge >= 0.3 is 5.97 Å². The fourth-order valence-electron chi connectivity index (χ4n) is 3.98. The van der Waals surface area contributed by atoms with Gasteiger partial charge in [-0.3, -0.25) is 9.59 Å². The summed E-state index contributed by atoms with van der Waals surface area (Å²) in [6.07, 6.45) is 1.82. The van der Waals surface area contributed by atoms with E-state index in [4.69, 9.17) is 4.74 Å². The summed E-state index contributed by atoms with van der Waals surface area (Å²) in [6, 6.07) is 18.8. The normalized spacial score (nSPS) is 12.2. The van der Waals surface area contributed by atoms with Crippen molar-refractivity contribution in [1.29, 1.82) is 0 Å². The van der Waals surface area contributed by atoms with Crippen LogP contribution in [0.15, 0.2) is 54.6 Å². The highest BCUT2D eigenvalue weighted by molar-refractivity contribution is 7.14. The maximum atomic E-state index is 12.5. The third-order valence-corrected chi connectivity index (χ3v) is 7.28. The molecule has 0 spiro atoms. The van der Waals surface area contributed by atoms with Gasteiger partial charge in [0, 0.05) is 11.4 Å². The van der Waals surface area contributed by atoms with Crippen LogP contribution in [0.3, 0.4) is 0 Å². The summed E-state index contributed by atoms with van der Waals surface area (Å²) in [6.45, 7) is 11.1. The Bertz CT molecular complexity index is 1170. The van der Waals surface area contributed by atoms with Crippen molar-refractivity contribution in [1.82, 2.24) is 5.32 Å². The third kappa shape index (κ3) is 7.20. The molecule has 2 aromatic carbocycles. The van der Waals surface area contributed by atoms with Crippen molar-refractivity contribution >= 4 is 23.2 Å². The van der Waals surface area contributed by atoms with Crippen LogP contribution >= 0.6 is 11.3 Å². The second kappa shape index (κ2) is 12.2. The first-order chi connectivity index (χ1) is 17.1. The molecule has 0 aliphatic carbocycles. The van der Waals surface area contributed by atoms with Gasteiger partial charge in [-0.1, -0.05) is 64.4 Å². The third-order valence-electron chi connectivity index (χ3n) is 6.10. The van der Waals surface area contributed by atoms with Crippen LogP contribution in [0.25, 0.3) is 11.1 Å². The molecule has 6 heteroatoms. The van der Waals surface area contributed by atoms with E-state index in [0.29, 0.717) is 4.88 Å². The van der Waals surface area contributed by atoms with Crippen molar-refractivity contribution in [3.8, 4) is 16.9 Å². The number of hydrogen-bond acceptors (Lipinski definition) is 5. The molecule has 0 radical (unpaired) electrons. The van der Waals surface area contributed by atoms with Gasteiger partial charge in [0.15, 0.2) is 0 Å². The van der Waals surface area contributed by atoms with Gasteiger partial charge < -0.3 is 14.8 Å². The molecule has 1 amide bonds. The number of carbonyl (C=O) groups excluding carboxylic acids is 2. The average molecular weight is 508 g/mol. The first-order valence-corrected chi connectivity index (χ1v) is 13.3. The highest BCUT2D eigenvalue weighted by Gasteiger charge is 2.19. The van der Waals surface area contributed by atoms with Crippen molar-refractivity contribution < 1.29 is 19.1 Å². The van der Waals surface area contributed by atoms with E-state index in [1.165, 1.54) is 35.1 Å². The SMILES string of the molecule is CCC[C@@H](Oc1ccc(-c2ccc(C(C)(C)C)cc2)c(C)c1)c1ccc(C(=O)NCCC(=O)OC)s1. The molecule has 3 aromatic rings. The van der Waals surface area contributed by atoms with E-state index in [1.807, 2.05) is 18.2 Å². The Morgan fingerprint density at radius 3 is 2.36 bits per heavy atom. The predicted octanol–water partition coefficient (Wildman–Crippen LogP) is 7.23. The molecule has 0 saturated heterocycles. The molecule has 0 saturated carbocycles. The van der Waals surface area contributed by atoms with E-state index < -0.39 is 0 Å². The molecule has 1 heterocycles. The molecule has 5 nitrogen and oxygen atoms in total. The van der Waals surface area contributed by atoms with Gasteiger partial charge in [0.25, 0.3) is 5.91 Å². The average Bonchev–Trinajstić information content (AvgIpc) is 3.34. The summed E-state index contributed by atoms with van der Waals surface area (Å²) >= 11 is 1.43. The minimum atomic E-state index is -0.346. The smallest absolute Gasteiger partial charge is 0.307 e. The number of carbonyl (C=O) groups is 2. The van der Waals surface area contributed by atoms with Crippen molar-refractivity contribution in [2.24, 2.45) is 0 Å². The van der Waals surface area contributed by atoms with Gasteiger partial charge in [-0.15, -0.1) is 11.3 Å². The molecule has 36 heavy (non-hydrogen) atoms. The number of amides is 1. The van der Waals surface area contributed by atoms with Crippen LogP contribution < -0.4 is 10.1 Å². The van der Waals surface area contributed by atoms with Crippen LogP contribution in [-0.2, 0) is 14.9 Å². The van der Waals surface area contributed by atoms with Gasteiger partial charge in [-0.25, -0.2) is 0 Å². The molecule has 0 aliphatic rings. The zero-order valence-electron chi connectivity index (χ0n) is 22.1. The molecule has 1 aromatic heterocycles. The summed E-state index contributed by atoms with van der Waals surface area (Å²) in [4.78, 5) is 25.3. The summed E-state index contributed by atoms with van der Waals surface area (Å²) in [5.41, 5.74) is 4.99. The quantitative estimate of drug-likeness (QED) is 0.294. The predicted molar refractivity (Wildman–Crippen MR) is 147 cm³/mol. The first-order valence-electron chi connectivity index (χ1n) is 12.4. The molecule has 0 aliphatic heterocycles. The molecule has 1 atom stereocenters.